The molecule has 0 bridgehead atoms. The van der Waals surface area contributed by atoms with E-state index < -0.39 is 5.97 Å². The summed E-state index contributed by atoms with van der Waals surface area (Å²) in [5.41, 5.74) is 9.36. The van der Waals surface area contributed by atoms with E-state index in [0.29, 0.717) is 0 Å². The molecule has 1 aromatic heterocycles. The van der Waals surface area contributed by atoms with Gasteiger partial charge in [-0.05, 0) is 17.7 Å². The average molecular weight is 365 g/mol. The number of benzene rings is 1. The number of carbonyl (C=O) groups is 1. The molecule has 2 aliphatic heterocycles. The quantitative estimate of drug-likeness (QED) is 0.839. The van der Waals surface area contributed by atoms with Gasteiger partial charge in [0, 0.05) is 23.8 Å². The fraction of sp³-hybridized carbons (Fsp3) is 0.167. The number of fused-ring (bicyclic) bond motifs is 1. The second-order valence-corrected chi connectivity index (χ2v) is 6.60. The zero-order valence-electron chi connectivity index (χ0n) is 14.0. The summed E-state index contributed by atoms with van der Waals surface area (Å²) >= 11 is 1.63. The molecule has 4 rings (SSSR count). The van der Waals surface area contributed by atoms with Crippen LogP contribution < -0.4 is 5.73 Å². The molecule has 0 unspecified atom stereocenters. The van der Waals surface area contributed by atoms with Crippen LogP contribution in [0.15, 0.2) is 40.9 Å². The number of rotatable bonds is 3. The van der Waals surface area contributed by atoms with Crippen molar-refractivity contribution in [2.75, 3.05) is 25.9 Å². The third-order valence-corrected chi connectivity index (χ3v) is 5.25. The number of carbonyl (C=O) groups excluding carboxylic acids is 1. The number of hydrogen-bond acceptors (Lipinski definition) is 7. The van der Waals surface area contributed by atoms with E-state index in [1.165, 1.54) is 7.11 Å². The number of nitrogens with two attached hydrogens (primary N) is 1. The van der Waals surface area contributed by atoms with Crippen LogP contribution in [0.2, 0.25) is 0 Å². The van der Waals surface area contributed by atoms with Crippen LogP contribution >= 0.6 is 11.8 Å². The predicted octanol–water partition coefficient (Wildman–Crippen LogP) is 2.43. The van der Waals surface area contributed by atoms with E-state index in [9.17, 15) is 10.1 Å². The van der Waals surface area contributed by atoms with Gasteiger partial charge < -0.3 is 19.9 Å². The number of aromatic nitrogens is 1. The Balaban J connectivity index is 1.71. The van der Waals surface area contributed by atoms with E-state index in [1.54, 1.807) is 22.5 Å². The maximum absolute atomic E-state index is 12.1. The number of nitriles is 1. The van der Waals surface area contributed by atoms with Crippen LogP contribution in [0.25, 0.3) is 11.4 Å². The molecule has 0 atom stereocenters. The summed E-state index contributed by atoms with van der Waals surface area (Å²) in [7, 11) is 1.29. The van der Waals surface area contributed by atoms with Crippen LogP contribution in [0.1, 0.15) is 21.6 Å². The summed E-state index contributed by atoms with van der Waals surface area (Å²) in [6.45, 7) is 1.71. The van der Waals surface area contributed by atoms with E-state index in [2.05, 4.69) is 15.3 Å². The molecule has 0 aliphatic carbocycles. The number of amidine groups is 1. The molecule has 7 nitrogen and oxygen atoms in total. The molecule has 2 aliphatic rings. The van der Waals surface area contributed by atoms with Crippen LogP contribution in [0.3, 0.4) is 0 Å². The highest BCUT2D eigenvalue weighted by molar-refractivity contribution is 8.16. The minimum absolute atomic E-state index is 0.122. The van der Waals surface area contributed by atoms with Crippen molar-refractivity contribution in [2.24, 2.45) is 4.99 Å². The average Bonchev–Trinajstić information content (AvgIpc) is 3.35. The first kappa shape index (κ1) is 16.3. The van der Waals surface area contributed by atoms with Crippen molar-refractivity contribution in [3.63, 3.8) is 0 Å². The second kappa shape index (κ2) is 6.28. The molecule has 2 aromatic rings. The molecule has 0 radical (unpaired) electrons. The van der Waals surface area contributed by atoms with Crippen molar-refractivity contribution in [3.8, 4) is 11.8 Å². The number of nitrogen functional groups attached to an aromatic ring is 1. The fourth-order valence-corrected chi connectivity index (χ4v) is 4.02. The molecule has 3 heterocycles. The highest BCUT2D eigenvalue weighted by Crippen LogP contribution is 2.35. The van der Waals surface area contributed by atoms with Crippen LogP contribution in [-0.2, 0) is 4.74 Å². The fourth-order valence-electron chi connectivity index (χ4n) is 3.06. The molecule has 26 heavy (non-hydrogen) atoms. The Hall–Kier alpha value is -3.18. The Labute approximate surface area is 154 Å². The van der Waals surface area contributed by atoms with E-state index in [4.69, 9.17) is 10.5 Å². The van der Waals surface area contributed by atoms with Gasteiger partial charge in [-0.1, -0.05) is 23.9 Å². The molecule has 130 valence electrons. The van der Waals surface area contributed by atoms with E-state index in [0.717, 1.165) is 35.2 Å². The molecular formula is C18H15N5O2S. The largest absolute Gasteiger partial charge is 0.464 e. The summed E-state index contributed by atoms with van der Waals surface area (Å²) in [4.78, 5) is 18.7. The van der Waals surface area contributed by atoms with E-state index in [1.807, 2.05) is 30.3 Å². The van der Waals surface area contributed by atoms with E-state index in [-0.39, 0.29) is 16.9 Å². The molecular weight excluding hydrogens is 350 g/mol. The summed E-state index contributed by atoms with van der Waals surface area (Å²) < 4.78 is 6.40. The Morgan fingerprint density at radius 1 is 1.38 bits per heavy atom. The van der Waals surface area contributed by atoms with Crippen molar-refractivity contribution in [1.82, 2.24) is 9.47 Å². The lowest BCUT2D eigenvalue weighted by molar-refractivity contribution is 0.0593. The lowest BCUT2D eigenvalue weighted by Gasteiger charge is -2.17. The zero-order valence-corrected chi connectivity index (χ0v) is 14.8. The number of aliphatic imine (C=N–C) groups is 1. The van der Waals surface area contributed by atoms with Gasteiger partial charge in [-0.2, -0.15) is 5.26 Å². The standard InChI is InChI=1S/C18H15N5O2S/c1-25-17(24)16-15(20)12(8-19)9-23(16)13-4-2-11(3-5-13)14-10-26-18-21-6-7-22(14)18/h2-5,9-10H,6-7,20H2,1H3. The van der Waals surface area contributed by atoms with Gasteiger partial charge in [0.05, 0.1) is 30.6 Å². The first-order valence-electron chi connectivity index (χ1n) is 7.93. The van der Waals surface area contributed by atoms with Gasteiger partial charge in [0.25, 0.3) is 0 Å². The molecule has 1 aromatic carbocycles. The van der Waals surface area contributed by atoms with Crippen LogP contribution in [0.5, 0.6) is 0 Å². The van der Waals surface area contributed by atoms with Crippen molar-refractivity contribution in [3.05, 3.63) is 52.7 Å². The highest BCUT2D eigenvalue weighted by Gasteiger charge is 2.27. The normalized spacial score (nSPS) is 15.3. The summed E-state index contributed by atoms with van der Waals surface area (Å²) in [5, 5.41) is 12.3. The van der Waals surface area contributed by atoms with Gasteiger partial charge in [0.15, 0.2) is 10.9 Å². The molecule has 0 saturated heterocycles. The first-order chi connectivity index (χ1) is 12.6. The highest BCUT2D eigenvalue weighted by atomic mass is 32.2. The smallest absolute Gasteiger partial charge is 0.357 e. The number of anilines is 1. The topological polar surface area (TPSA) is 96.6 Å². The van der Waals surface area contributed by atoms with Crippen molar-refractivity contribution in [1.29, 1.82) is 5.26 Å². The monoisotopic (exact) mass is 365 g/mol. The molecule has 0 amide bonds. The maximum atomic E-state index is 12.1. The van der Waals surface area contributed by atoms with Crippen LogP contribution in [-0.4, -0.2) is 40.8 Å². The van der Waals surface area contributed by atoms with Gasteiger partial charge in [0.1, 0.15) is 6.07 Å². The number of thioether (sulfide) groups is 1. The number of ether oxygens (including phenoxy) is 1. The number of nitrogens with zero attached hydrogens (tertiary/aromatic N) is 4. The van der Waals surface area contributed by atoms with E-state index >= 15 is 0 Å². The minimum atomic E-state index is -0.583. The second-order valence-electron chi connectivity index (χ2n) is 5.76. The van der Waals surface area contributed by atoms with Gasteiger partial charge in [-0.15, -0.1) is 0 Å². The Morgan fingerprint density at radius 2 is 2.15 bits per heavy atom. The SMILES string of the molecule is COC(=O)c1c(N)c(C#N)cn1-c1ccc(C2=CSC3=NCCN23)cc1. The Morgan fingerprint density at radius 3 is 2.85 bits per heavy atom. The van der Waals surface area contributed by atoms with Gasteiger partial charge in [-0.3, -0.25) is 4.99 Å². The number of hydrogen-bond donors (Lipinski definition) is 1. The molecule has 0 saturated carbocycles. The lowest BCUT2D eigenvalue weighted by Crippen LogP contribution is -2.19. The molecule has 0 fully saturated rings. The summed E-state index contributed by atoms with van der Waals surface area (Å²) in [5.74, 6) is -0.583. The summed E-state index contributed by atoms with van der Waals surface area (Å²) in [6, 6.07) is 9.73. The molecule has 8 heteroatoms. The van der Waals surface area contributed by atoms with Gasteiger partial charge >= 0.3 is 5.97 Å². The lowest BCUT2D eigenvalue weighted by atomic mass is 10.1. The van der Waals surface area contributed by atoms with Gasteiger partial charge in [-0.25, -0.2) is 4.79 Å². The molecule has 0 spiro atoms. The number of esters is 1. The zero-order chi connectivity index (χ0) is 18.3. The first-order valence-corrected chi connectivity index (χ1v) is 8.81. The number of methoxy groups -OCH3 is 1. The Kier molecular flexibility index (Phi) is 3.93. The Bertz CT molecular complexity index is 998. The predicted molar refractivity (Wildman–Crippen MR) is 101 cm³/mol. The van der Waals surface area contributed by atoms with Crippen LogP contribution in [0.4, 0.5) is 5.69 Å². The van der Waals surface area contributed by atoms with Crippen molar-refractivity contribution < 1.29 is 9.53 Å². The van der Waals surface area contributed by atoms with Crippen molar-refractivity contribution in [2.45, 2.75) is 0 Å². The minimum Gasteiger partial charge on any atom is -0.464 e. The maximum Gasteiger partial charge on any atom is 0.357 e. The van der Waals surface area contributed by atoms with Crippen LogP contribution in [0, 0.1) is 11.3 Å². The van der Waals surface area contributed by atoms with Gasteiger partial charge in [0.2, 0.25) is 0 Å². The third kappa shape index (κ3) is 2.45. The van der Waals surface area contributed by atoms with Crippen molar-refractivity contribution >= 4 is 34.3 Å². The summed E-state index contributed by atoms with van der Waals surface area (Å²) in [6.07, 6.45) is 1.55. The third-order valence-electron chi connectivity index (χ3n) is 4.35. The molecule has 2 N–H and O–H groups in total.